The van der Waals surface area contributed by atoms with Gasteiger partial charge in [-0.2, -0.15) is 0 Å². The highest BCUT2D eigenvalue weighted by Gasteiger charge is 2.33. The number of benzene rings is 2. The number of hydrogen-bond donors (Lipinski definition) is 0. The molecule has 170 valence electrons. The summed E-state index contributed by atoms with van der Waals surface area (Å²) in [5.74, 6) is -1.05. The van der Waals surface area contributed by atoms with E-state index in [2.05, 4.69) is 4.99 Å². The number of aromatic nitrogens is 1. The van der Waals surface area contributed by atoms with E-state index < -0.39 is 17.8 Å². The Labute approximate surface area is 202 Å². The van der Waals surface area contributed by atoms with Crippen molar-refractivity contribution in [1.29, 1.82) is 0 Å². The van der Waals surface area contributed by atoms with E-state index in [0.717, 1.165) is 21.8 Å². The van der Waals surface area contributed by atoms with Crippen LogP contribution in [-0.4, -0.2) is 23.4 Å². The quantitative estimate of drug-likeness (QED) is 0.385. The summed E-state index contributed by atoms with van der Waals surface area (Å²) >= 11 is 8.88. The third-order valence-electron chi connectivity index (χ3n) is 5.22. The summed E-state index contributed by atoms with van der Waals surface area (Å²) in [5, 5.41) is 0.202. The normalized spacial score (nSPS) is 15.9. The minimum absolute atomic E-state index is 0.131. The van der Waals surface area contributed by atoms with Gasteiger partial charge in [-0.25, -0.2) is 14.2 Å². The van der Waals surface area contributed by atoms with Gasteiger partial charge in [-0.05, 0) is 56.0 Å². The van der Waals surface area contributed by atoms with Crippen LogP contribution in [0.2, 0.25) is 5.02 Å². The summed E-state index contributed by atoms with van der Waals surface area (Å²) in [6, 6.07) is 11.3. The molecule has 0 spiro atoms. The fourth-order valence-electron chi connectivity index (χ4n) is 3.67. The van der Waals surface area contributed by atoms with Crippen molar-refractivity contribution >= 4 is 46.7 Å². The minimum atomic E-state index is -0.713. The number of halogens is 2. The highest BCUT2D eigenvalue weighted by atomic mass is 35.5. The molecular weight excluding hydrogens is 483 g/mol. The summed E-state index contributed by atoms with van der Waals surface area (Å²) in [6.45, 7) is 3.65. The molecule has 33 heavy (non-hydrogen) atoms. The van der Waals surface area contributed by atoms with Crippen molar-refractivity contribution in [2.24, 2.45) is 4.99 Å². The van der Waals surface area contributed by atoms with Crippen LogP contribution in [0.1, 0.15) is 31.0 Å². The van der Waals surface area contributed by atoms with Crippen molar-refractivity contribution in [3.63, 3.8) is 0 Å². The SMILES string of the molecule is CCOC(=O)C1=C(C)N=c2s/c(=C\c3c(F)cccc3Cl)c(=O)n2C1c1ccc(SC)cc1. The molecule has 4 rings (SSSR count). The molecule has 0 bridgehead atoms. The van der Waals surface area contributed by atoms with E-state index in [1.807, 2.05) is 30.5 Å². The average Bonchev–Trinajstić information content (AvgIpc) is 3.10. The lowest BCUT2D eigenvalue weighted by Crippen LogP contribution is -2.39. The molecule has 0 saturated heterocycles. The topological polar surface area (TPSA) is 60.7 Å². The molecule has 0 saturated carbocycles. The average molecular weight is 503 g/mol. The van der Waals surface area contributed by atoms with Crippen molar-refractivity contribution in [3.8, 4) is 0 Å². The fraction of sp³-hybridized carbons (Fsp3) is 0.208. The number of allylic oxidation sites excluding steroid dienone is 1. The summed E-state index contributed by atoms with van der Waals surface area (Å²) in [4.78, 5) is 32.4. The Hall–Kier alpha value is -2.68. The molecule has 0 N–H and O–H groups in total. The van der Waals surface area contributed by atoms with Crippen LogP contribution in [0.3, 0.4) is 0 Å². The van der Waals surface area contributed by atoms with Gasteiger partial charge in [-0.3, -0.25) is 9.36 Å². The van der Waals surface area contributed by atoms with Crippen LogP contribution in [0, 0.1) is 5.82 Å². The first-order valence-corrected chi connectivity index (χ1v) is 12.5. The lowest BCUT2D eigenvalue weighted by molar-refractivity contribution is -0.139. The van der Waals surface area contributed by atoms with E-state index in [9.17, 15) is 14.0 Å². The lowest BCUT2D eigenvalue weighted by atomic mass is 9.96. The number of fused-ring (bicyclic) bond motifs is 1. The molecule has 5 nitrogen and oxygen atoms in total. The van der Waals surface area contributed by atoms with Gasteiger partial charge in [0.25, 0.3) is 5.56 Å². The predicted octanol–water partition coefficient (Wildman–Crippen LogP) is 4.31. The first kappa shape index (κ1) is 23.5. The number of hydrogen-bond acceptors (Lipinski definition) is 6. The number of esters is 1. The molecule has 1 atom stereocenters. The Morgan fingerprint density at radius 1 is 1.30 bits per heavy atom. The largest absolute Gasteiger partial charge is 0.463 e. The molecule has 0 fully saturated rings. The molecule has 2 aromatic carbocycles. The van der Waals surface area contributed by atoms with Gasteiger partial charge in [0.1, 0.15) is 5.82 Å². The van der Waals surface area contributed by atoms with Crippen molar-refractivity contribution in [3.05, 3.63) is 95.4 Å². The second-order valence-corrected chi connectivity index (χ2v) is 9.51. The molecule has 1 aliphatic rings. The van der Waals surface area contributed by atoms with E-state index in [1.165, 1.54) is 22.8 Å². The maximum Gasteiger partial charge on any atom is 0.338 e. The highest BCUT2D eigenvalue weighted by molar-refractivity contribution is 7.98. The number of ether oxygens (including phenoxy) is 1. The van der Waals surface area contributed by atoms with Gasteiger partial charge in [-0.15, -0.1) is 11.8 Å². The smallest absolute Gasteiger partial charge is 0.338 e. The van der Waals surface area contributed by atoms with Crippen LogP contribution >= 0.6 is 34.7 Å². The standard InChI is InChI=1S/C24H20ClFN2O3S2/c1-4-31-23(30)20-13(2)27-24-28(21(20)14-8-10-15(32-3)11-9-14)22(29)19(33-24)12-16-17(25)6-5-7-18(16)26/h5-12,21H,4H2,1-3H3/b19-12-. The van der Waals surface area contributed by atoms with E-state index in [4.69, 9.17) is 16.3 Å². The molecule has 3 aromatic rings. The third-order valence-corrected chi connectivity index (χ3v) is 7.28. The van der Waals surface area contributed by atoms with Gasteiger partial charge in [0.05, 0.1) is 33.5 Å². The van der Waals surface area contributed by atoms with Gasteiger partial charge in [0.2, 0.25) is 0 Å². The maximum absolute atomic E-state index is 14.4. The Morgan fingerprint density at radius 2 is 2.03 bits per heavy atom. The zero-order chi connectivity index (χ0) is 23.7. The van der Waals surface area contributed by atoms with E-state index >= 15 is 0 Å². The predicted molar refractivity (Wildman–Crippen MR) is 130 cm³/mol. The van der Waals surface area contributed by atoms with Crippen LogP contribution in [-0.2, 0) is 9.53 Å². The molecule has 0 radical (unpaired) electrons. The first-order valence-electron chi connectivity index (χ1n) is 10.1. The Kier molecular flexibility index (Phi) is 6.88. The van der Waals surface area contributed by atoms with Gasteiger partial charge in [0, 0.05) is 10.5 Å². The van der Waals surface area contributed by atoms with Crippen molar-refractivity contribution in [2.45, 2.75) is 24.8 Å². The van der Waals surface area contributed by atoms with Gasteiger partial charge >= 0.3 is 5.97 Å². The molecule has 2 heterocycles. The van der Waals surface area contributed by atoms with E-state index in [0.29, 0.717) is 16.1 Å². The molecule has 0 amide bonds. The second-order valence-electron chi connectivity index (χ2n) is 7.21. The van der Waals surface area contributed by atoms with E-state index in [1.54, 1.807) is 31.7 Å². The number of carbonyl (C=O) groups is 1. The highest BCUT2D eigenvalue weighted by Crippen LogP contribution is 2.31. The van der Waals surface area contributed by atoms with Crippen molar-refractivity contribution in [2.75, 3.05) is 12.9 Å². The van der Waals surface area contributed by atoms with Crippen molar-refractivity contribution in [1.82, 2.24) is 4.57 Å². The van der Waals surface area contributed by atoms with Gasteiger partial charge in [0.15, 0.2) is 4.80 Å². The summed E-state index contributed by atoms with van der Waals surface area (Å²) in [7, 11) is 0. The number of thioether (sulfide) groups is 1. The number of thiazole rings is 1. The maximum atomic E-state index is 14.4. The molecule has 9 heteroatoms. The molecular formula is C24H20ClFN2O3S2. The summed E-state index contributed by atoms with van der Waals surface area (Å²) in [6.07, 6.45) is 3.40. The minimum Gasteiger partial charge on any atom is -0.463 e. The Morgan fingerprint density at radius 3 is 2.67 bits per heavy atom. The zero-order valence-electron chi connectivity index (χ0n) is 18.1. The molecule has 0 aliphatic carbocycles. The zero-order valence-corrected chi connectivity index (χ0v) is 20.5. The van der Waals surface area contributed by atoms with Gasteiger partial charge in [-0.1, -0.05) is 41.1 Å². The molecule has 1 aromatic heterocycles. The second kappa shape index (κ2) is 9.67. The molecule has 1 unspecified atom stereocenters. The third kappa shape index (κ3) is 4.43. The van der Waals surface area contributed by atoms with Crippen molar-refractivity contribution < 1.29 is 13.9 Å². The summed E-state index contributed by atoms with van der Waals surface area (Å²) in [5.41, 5.74) is 1.28. The van der Waals surface area contributed by atoms with Crippen LogP contribution in [0.15, 0.2) is 68.4 Å². The lowest BCUT2D eigenvalue weighted by Gasteiger charge is -2.24. The Bertz CT molecular complexity index is 1420. The van der Waals surface area contributed by atoms with Crippen LogP contribution in [0.5, 0.6) is 0 Å². The monoisotopic (exact) mass is 502 g/mol. The number of nitrogens with zero attached hydrogens (tertiary/aromatic N) is 2. The number of rotatable bonds is 5. The van der Waals surface area contributed by atoms with Gasteiger partial charge < -0.3 is 4.74 Å². The van der Waals surface area contributed by atoms with E-state index in [-0.39, 0.29) is 27.3 Å². The van der Waals surface area contributed by atoms with Crippen LogP contribution < -0.4 is 14.9 Å². The summed E-state index contributed by atoms with van der Waals surface area (Å²) < 4.78 is 21.4. The Balaban J connectivity index is 1.97. The number of carbonyl (C=O) groups excluding carboxylic acids is 1. The molecule has 1 aliphatic heterocycles. The first-order chi connectivity index (χ1) is 15.8. The fourth-order valence-corrected chi connectivity index (χ4v) is 5.33. The van der Waals surface area contributed by atoms with Crippen LogP contribution in [0.4, 0.5) is 4.39 Å². The van der Waals surface area contributed by atoms with Crippen LogP contribution in [0.25, 0.3) is 6.08 Å².